The van der Waals surface area contributed by atoms with E-state index in [0.29, 0.717) is 16.6 Å². The number of fused-ring (bicyclic) bond motifs is 3. The Labute approximate surface area is 358 Å². The van der Waals surface area contributed by atoms with Crippen LogP contribution in [0.1, 0.15) is 111 Å². The summed E-state index contributed by atoms with van der Waals surface area (Å²) in [5, 5.41) is 1.89. The van der Waals surface area contributed by atoms with Gasteiger partial charge in [0, 0.05) is 5.69 Å². The largest absolute Gasteiger partial charge is 3.00 e. The minimum Gasteiger partial charge on any atom is -0.656 e. The van der Waals surface area contributed by atoms with Crippen LogP contribution in [0, 0.1) is 12.1 Å². The molecule has 0 aliphatic rings. The minimum absolute atomic E-state index is 0. The van der Waals surface area contributed by atoms with Gasteiger partial charge in [0.25, 0.3) is 0 Å². The van der Waals surface area contributed by atoms with Crippen molar-refractivity contribution in [1.29, 1.82) is 0 Å². The summed E-state index contributed by atoms with van der Waals surface area (Å²) in [6.45, 7) is 25.8. The molecule has 2 nitrogen and oxygen atoms in total. The molecule has 0 spiro atoms. The molecule has 0 atom stereocenters. The fraction of sp³-hybridized carbons (Fsp3) is 0.327. The zero-order valence-corrected chi connectivity index (χ0v) is 37.7. The number of hydrogen-bond donors (Lipinski definition) is 0. The summed E-state index contributed by atoms with van der Waals surface area (Å²) >= 11 is 0. The first kappa shape index (κ1) is 43.2. The second-order valence-electron chi connectivity index (χ2n) is 19.7. The first-order valence-corrected chi connectivity index (χ1v) is 19.7. The van der Waals surface area contributed by atoms with Crippen molar-refractivity contribution in [2.24, 2.45) is 0 Å². The molecule has 0 amide bonds. The maximum absolute atomic E-state index is 15.0. The van der Waals surface area contributed by atoms with E-state index in [-0.39, 0.29) is 55.4 Å². The second-order valence-corrected chi connectivity index (χ2v) is 19.7. The summed E-state index contributed by atoms with van der Waals surface area (Å²) in [5.74, 6) is 0. The number of aromatic nitrogens is 2. The number of rotatable bonds is 4. The molecular formula is C52H52AuF3N2. The Morgan fingerprint density at radius 3 is 1.60 bits per heavy atom. The van der Waals surface area contributed by atoms with Crippen molar-refractivity contribution in [2.45, 2.75) is 111 Å². The molecule has 0 unspecified atom stereocenters. The van der Waals surface area contributed by atoms with Crippen molar-refractivity contribution in [3.05, 3.63) is 137 Å². The molecule has 2 aromatic heterocycles. The van der Waals surface area contributed by atoms with E-state index in [9.17, 15) is 13.2 Å². The van der Waals surface area contributed by atoms with Crippen LogP contribution in [-0.2, 0) is 50.2 Å². The maximum atomic E-state index is 15.0. The van der Waals surface area contributed by atoms with E-state index in [1.807, 2.05) is 36.4 Å². The van der Waals surface area contributed by atoms with Crippen molar-refractivity contribution in [1.82, 2.24) is 9.97 Å². The van der Waals surface area contributed by atoms with Crippen LogP contribution >= 0.6 is 0 Å². The molecule has 0 N–H and O–H groups in total. The van der Waals surface area contributed by atoms with Gasteiger partial charge in [-0.3, -0.25) is 4.98 Å². The molecular weight excluding hydrogens is 907 g/mol. The van der Waals surface area contributed by atoms with Gasteiger partial charge in [-0.25, -0.2) is 5.56 Å². The Morgan fingerprint density at radius 1 is 0.483 bits per heavy atom. The van der Waals surface area contributed by atoms with Crippen LogP contribution in [0.2, 0.25) is 0 Å². The van der Waals surface area contributed by atoms with Crippen molar-refractivity contribution in [3.63, 3.8) is 0 Å². The molecule has 5 aromatic carbocycles. The van der Waals surface area contributed by atoms with Crippen molar-refractivity contribution in [2.75, 3.05) is 0 Å². The van der Waals surface area contributed by atoms with Gasteiger partial charge in [-0.15, -0.1) is 34.3 Å². The third-order valence-corrected chi connectivity index (χ3v) is 11.0. The SMILES string of the molecule is CC(C)(C)c1c[c-]c(-c2[c-]c(-c3cc(C(F)(F)F)cc(-c4cc(C(C)(C)C)cc5c4[n-]c4ccc(C(C)(C)C)cc45)n3)cc(-c3ccc(C(C)(C)C)cc3)c2)cc1.[Au+3]. The Kier molecular flexibility index (Phi) is 11.2. The summed E-state index contributed by atoms with van der Waals surface area (Å²) < 4.78 is 45.0. The molecule has 302 valence electrons. The Morgan fingerprint density at radius 2 is 1.03 bits per heavy atom. The molecule has 7 aromatic rings. The van der Waals surface area contributed by atoms with E-state index in [1.54, 1.807) is 0 Å². The van der Waals surface area contributed by atoms with Crippen LogP contribution in [-0.4, -0.2) is 4.98 Å². The van der Waals surface area contributed by atoms with Crippen molar-refractivity contribution in [3.8, 4) is 44.8 Å². The minimum atomic E-state index is -4.63. The van der Waals surface area contributed by atoms with Crippen LogP contribution in [0.3, 0.4) is 0 Å². The summed E-state index contributed by atoms with van der Waals surface area (Å²) in [4.78, 5) is 10.1. The van der Waals surface area contributed by atoms with Gasteiger partial charge in [0.1, 0.15) is 0 Å². The number of pyridine rings is 1. The third-order valence-electron chi connectivity index (χ3n) is 11.0. The monoisotopic (exact) mass is 958 g/mol. The second kappa shape index (κ2) is 15.0. The molecule has 0 fully saturated rings. The van der Waals surface area contributed by atoms with Gasteiger partial charge in [0.2, 0.25) is 0 Å². The number of hydrogen-bond acceptors (Lipinski definition) is 1. The maximum Gasteiger partial charge on any atom is 3.00 e. The van der Waals surface area contributed by atoms with E-state index in [1.165, 1.54) is 11.6 Å². The molecule has 0 aliphatic heterocycles. The van der Waals surface area contributed by atoms with Gasteiger partial charge in [-0.2, -0.15) is 49.1 Å². The molecule has 58 heavy (non-hydrogen) atoms. The first-order valence-electron chi connectivity index (χ1n) is 19.7. The predicted octanol–water partition coefficient (Wildman–Crippen LogP) is 14.8. The Bertz CT molecular complexity index is 2540. The summed E-state index contributed by atoms with van der Waals surface area (Å²) in [6.07, 6.45) is -4.63. The average Bonchev–Trinajstić information content (AvgIpc) is 3.50. The molecule has 2 heterocycles. The van der Waals surface area contributed by atoms with E-state index < -0.39 is 11.7 Å². The van der Waals surface area contributed by atoms with Crippen LogP contribution in [0.25, 0.3) is 66.6 Å². The van der Waals surface area contributed by atoms with Gasteiger partial charge in [-0.05, 0) is 66.3 Å². The topological polar surface area (TPSA) is 27.0 Å². The number of alkyl halides is 3. The number of halogens is 3. The van der Waals surface area contributed by atoms with Crippen LogP contribution in [0.15, 0.2) is 97.1 Å². The quantitative estimate of drug-likeness (QED) is 0.130. The fourth-order valence-electron chi connectivity index (χ4n) is 7.24. The molecule has 0 bridgehead atoms. The van der Waals surface area contributed by atoms with Crippen LogP contribution in [0.4, 0.5) is 13.2 Å². The zero-order chi connectivity index (χ0) is 41.5. The van der Waals surface area contributed by atoms with E-state index in [2.05, 4.69) is 144 Å². The number of nitrogens with zero attached hydrogens (tertiary/aromatic N) is 2. The Hall–Kier alpha value is -4.42. The normalized spacial score (nSPS) is 12.9. The molecule has 0 aliphatic carbocycles. The zero-order valence-electron chi connectivity index (χ0n) is 35.6. The van der Waals surface area contributed by atoms with Gasteiger partial charge in [-0.1, -0.05) is 149 Å². The van der Waals surface area contributed by atoms with Gasteiger partial charge >= 0.3 is 28.6 Å². The smallest absolute Gasteiger partial charge is 0.656 e. The molecule has 0 saturated heterocycles. The first-order chi connectivity index (χ1) is 26.4. The molecule has 0 saturated carbocycles. The van der Waals surface area contributed by atoms with E-state index in [0.717, 1.165) is 61.3 Å². The Balaban J connectivity index is 0.00000567. The summed E-state index contributed by atoms with van der Waals surface area (Å²) in [5.41, 5.74) is 9.39. The van der Waals surface area contributed by atoms with Crippen molar-refractivity contribution < 1.29 is 35.6 Å². The van der Waals surface area contributed by atoms with E-state index >= 15 is 0 Å². The number of benzene rings is 5. The predicted molar refractivity (Wildman–Crippen MR) is 232 cm³/mol. The van der Waals surface area contributed by atoms with Gasteiger partial charge < -0.3 is 4.98 Å². The standard InChI is InChI=1S/C52H52F3N2.Au/c1-48(2,3)36-17-13-31(14-18-36)33-23-34(32-15-19-37(20-16-32)49(4,5)6)25-35(24-33)45-29-40(52(53,54)55)30-46(56-45)43-28-39(51(10,11)12)27-42-41-26-38(50(7,8)9)21-22-44(41)57-47(42)43;/h13-15,17-24,26-30H,1-12H3;/q-3;+3. The molecule has 6 heteroatoms. The van der Waals surface area contributed by atoms with E-state index in [4.69, 9.17) is 9.97 Å². The summed E-state index contributed by atoms with van der Waals surface area (Å²) in [6, 6.07) is 38.0. The van der Waals surface area contributed by atoms with Crippen LogP contribution < -0.4 is 4.98 Å². The summed E-state index contributed by atoms with van der Waals surface area (Å²) in [7, 11) is 0. The van der Waals surface area contributed by atoms with Gasteiger partial charge in [0.15, 0.2) is 0 Å². The fourth-order valence-corrected chi connectivity index (χ4v) is 7.24. The molecule has 7 rings (SSSR count). The van der Waals surface area contributed by atoms with Gasteiger partial charge in [0.05, 0.1) is 11.3 Å². The van der Waals surface area contributed by atoms with Crippen LogP contribution in [0.5, 0.6) is 0 Å². The molecule has 0 radical (unpaired) electrons. The van der Waals surface area contributed by atoms with Crippen molar-refractivity contribution >= 4 is 21.8 Å². The average molecular weight is 959 g/mol. The third kappa shape index (κ3) is 8.78.